The Morgan fingerprint density at radius 3 is 1.19 bits per heavy atom. The summed E-state index contributed by atoms with van der Waals surface area (Å²) < 4.78 is 0. The van der Waals surface area contributed by atoms with E-state index in [2.05, 4.69) is 72.4 Å². The highest BCUT2D eigenvalue weighted by Crippen LogP contribution is 2.29. The van der Waals surface area contributed by atoms with Gasteiger partial charge in [0.05, 0.1) is 35.2 Å². The molecule has 0 bridgehead atoms. The van der Waals surface area contributed by atoms with Crippen molar-refractivity contribution in [3.05, 3.63) is 93.2 Å². The van der Waals surface area contributed by atoms with Gasteiger partial charge in [-0.25, -0.2) is 0 Å². The first-order valence-electron chi connectivity index (χ1n) is 12.0. The first kappa shape index (κ1) is 26.0. The molecule has 0 amide bonds. The van der Waals surface area contributed by atoms with Crippen LogP contribution in [0.25, 0.3) is 22.5 Å². The lowest BCUT2D eigenvalue weighted by Gasteiger charge is -2.25. The normalized spacial score (nSPS) is 11.0. The van der Waals surface area contributed by atoms with Crippen LogP contribution in [0.4, 0.5) is 11.4 Å². The predicted molar refractivity (Wildman–Crippen MR) is 155 cm³/mol. The second-order valence-electron chi connectivity index (χ2n) is 9.49. The molecule has 36 heavy (non-hydrogen) atoms. The van der Waals surface area contributed by atoms with Crippen molar-refractivity contribution in [2.24, 2.45) is 0 Å². The summed E-state index contributed by atoms with van der Waals surface area (Å²) in [6.07, 6.45) is 3.86. The van der Waals surface area contributed by atoms with Crippen molar-refractivity contribution in [1.29, 1.82) is 0 Å². The molecule has 2 heterocycles. The molecule has 6 heteroatoms. The monoisotopic (exact) mass is 518 g/mol. The second-order valence-corrected chi connectivity index (χ2v) is 10.3. The number of hydrogen-bond donors (Lipinski definition) is 0. The van der Waals surface area contributed by atoms with Crippen LogP contribution < -0.4 is 9.80 Å². The van der Waals surface area contributed by atoms with E-state index in [1.807, 2.05) is 40.1 Å². The van der Waals surface area contributed by atoms with Crippen LogP contribution in [0, 0.1) is 27.7 Å². The first-order valence-corrected chi connectivity index (χ1v) is 12.8. The van der Waals surface area contributed by atoms with Crippen molar-refractivity contribution in [2.45, 2.75) is 27.7 Å². The molecule has 4 nitrogen and oxygen atoms in total. The van der Waals surface area contributed by atoms with Crippen molar-refractivity contribution < 1.29 is 0 Å². The Kier molecular flexibility index (Phi) is 7.87. The zero-order valence-electron chi connectivity index (χ0n) is 21.7. The molecule has 4 rings (SSSR count). The fraction of sp³-hybridized carbons (Fsp3) is 0.267. The van der Waals surface area contributed by atoms with E-state index in [0.29, 0.717) is 0 Å². The van der Waals surface area contributed by atoms with Crippen LogP contribution in [0.3, 0.4) is 0 Å². The van der Waals surface area contributed by atoms with E-state index in [0.717, 1.165) is 79.3 Å². The molecule has 0 atom stereocenters. The Morgan fingerprint density at radius 2 is 0.917 bits per heavy atom. The van der Waals surface area contributed by atoms with Crippen LogP contribution >= 0.6 is 23.2 Å². The highest BCUT2D eigenvalue weighted by atomic mass is 35.5. The van der Waals surface area contributed by atoms with Crippen molar-refractivity contribution in [2.75, 3.05) is 37.0 Å². The number of benzene rings is 2. The summed E-state index contributed by atoms with van der Waals surface area (Å²) in [7, 11) is 4.18. The van der Waals surface area contributed by atoms with Gasteiger partial charge in [-0.2, -0.15) is 0 Å². The SMILES string of the molecule is Cc1cc(-c2ccc(N(C)CCN(C)c3ccc(-c4cc(C)c(Cl)c(C)c4)nc3)cn2)cc(C)c1Cl. The summed E-state index contributed by atoms with van der Waals surface area (Å²) in [5.41, 5.74) is 10.5. The Hall–Kier alpha value is -3.08. The number of likely N-dealkylation sites (N-methyl/N-ethyl adjacent to an activating group) is 2. The van der Waals surface area contributed by atoms with E-state index >= 15 is 0 Å². The fourth-order valence-electron chi connectivity index (χ4n) is 4.31. The Labute approximate surface area is 224 Å². The minimum atomic E-state index is 0.819. The number of pyridine rings is 2. The van der Waals surface area contributed by atoms with Crippen molar-refractivity contribution in [3.63, 3.8) is 0 Å². The summed E-state index contributed by atoms with van der Waals surface area (Å²) in [5.74, 6) is 0. The molecule has 2 aromatic carbocycles. The van der Waals surface area contributed by atoms with Gasteiger partial charge in [0, 0.05) is 48.4 Å². The number of nitrogens with zero attached hydrogens (tertiary/aromatic N) is 4. The molecular weight excluding hydrogens is 487 g/mol. The largest absolute Gasteiger partial charge is 0.372 e. The summed E-state index contributed by atoms with van der Waals surface area (Å²) in [4.78, 5) is 13.8. The first-order chi connectivity index (χ1) is 17.1. The molecule has 0 radical (unpaired) electrons. The minimum Gasteiger partial charge on any atom is -0.372 e. The summed E-state index contributed by atoms with van der Waals surface area (Å²) in [6.45, 7) is 9.82. The van der Waals surface area contributed by atoms with Gasteiger partial charge in [-0.15, -0.1) is 0 Å². The number of halogens is 2. The molecule has 0 aliphatic carbocycles. The van der Waals surface area contributed by atoms with Gasteiger partial charge in [0.1, 0.15) is 0 Å². The maximum atomic E-state index is 6.32. The lowest BCUT2D eigenvalue weighted by molar-refractivity contribution is 0.829. The van der Waals surface area contributed by atoms with Crippen LogP contribution in [-0.4, -0.2) is 37.2 Å². The molecule has 0 fully saturated rings. The number of rotatable bonds is 7. The third-order valence-corrected chi connectivity index (χ3v) is 7.80. The average Bonchev–Trinajstić information content (AvgIpc) is 2.88. The standard InChI is InChI=1S/C30H32Cl2N4/c1-19-13-23(14-20(2)29(19)31)27-9-7-25(17-33-27)35(5)11-12-36(6)26-8-10-28(34-18-26)24-15-21(3)30(32)22(4)16-24/h7-10,13-18H,11-12H2,1-6H3. The Morgan fingerprint density at radius 1 is 0.583 bits per heavy atom. The second kappa shape index (κ2) is 10.9. The maximum Gasteiger partial charge on any atom is 0.0703 e. The summed E-state index contributed by atoms with van der Waals surface area (Å²) in [5, 5.41) is 1.64. The van der Waals surface area contributed by atoms with Crippen LogP contribution in [0.1, 0.15) is 22.3 Å². The van der Waals surface area contributed by atoms with E-state index in [1.165, 1.54) is 0 Å². The molecule has 186 valence electrons. The molecular formula is C30H32Cl2N4. The molecule has 0 N–H and O–H groups in total. The van der Waals surface area contributed by atoms with Gasteiger partial charge in [0.25, 0.3) is 0 Å². The lowest BCUT2D eigenvalue weighted by atomic mass is 10.0. The third kappa shape index (κ3) is 5.66. The lowest BCUT2D eigenvalue weighted by Crippen LogP contribution is -2.30. The van der Waals surface area contributed by atoms with E-state index < -0.39 is 0 Å². The van der Waals surface area contributed by atoms with Gasteiger partial charge in [-0.05, 0) is 98.5 Å². The molecule has 2 aromatic heterocycles. The van der Waals surface area contributed by atoms with Gasteiger partial charge >= 0.3 is 0 Å². The van der Waals surface area contributed by atoms with Crippen molar-refractivity contribution >= 4 is 34.6 Å². The summed E-state index contributed by atoms with van der Waals surface area (Å²) in [6, 6.07) is 16.7. The van der Waals surface area contributed by atoms with Gasteiger partial charge in [-0.3, -0.25) is 9.97 Å². The Balaban J connectivity index is 1.38. The summed E-state index contributed by atoms with van der Waals surface area (Å²) >= 11 is 12.6. The molecule has 0 spiro atoms. The average molecular weight is 520 g/mol. The third-order valence-electron chi connectivity index (χ3n) is 6.61. The van der Waals surface area contributed by atoms with Crippen LogP contribution in [0.15, 0.2) is 60.9 Å². The highest BCUT2D eigenvalue weighted by Gasteiger charge is 2.10. The quantitative estimate of drug-likeness (QED) is 0.248. The molecule has 0 saturated heterocycles. The zero-order valence-corrected chi connectivity index (χ0v) is 23.2. The van der Waals surface area contributed by atoms with Crippen LogP contribution in [0.2, 0.25) is 10.0 Å². The number of aryl methyl sites for hydroxylation is 4. The van der Waals surface area contributed by atoms with E-state index in [-0.39, 0.29) is 0 Å². The number of hydrogen-bond acceptors (Lipinski definition) is 4. The smallest absolute Gasteiger partial charge is 0.0703 e. The highest BCUT2D eigenvalue weighted by molar-refractivity contribution is 6.32. The molecule has 0 saturated carbocycles. The van der Waals surface area contributed by atoms with E-state index in [9.17, 15) is 0 Å². The van der Waals surface area contributed by atoms with Gasteiger partial charge in [0.2, 0.25) is 0 Å². The van der Waals surface area contributed by atoms with Crippen molar-refractivity contribution in [1.82, 2.24) is 9.97 Å². The zero-order chi connectivity index (χ0) is 26.0. The van der Waals surface area contributed by atoms with Crippen LogP contribution in [-0.2, 0) is 0 Å². The minimum absolute atomic E-state index is 0.819. The van der Waals surface area contributed by atoms with Crippen molar-refractivity contribution in [3.8, 4) is 22.5 Å². The van der Waals surface area contributed by atoms with Gasteiger partial charge in [0.15, 0.2) is 0 Å². The van der Waals surface area contributed by atoms with Gasteiger partial charge in [-0.1, -0.05) is 23.2 Å². The van der Waals surface area contributed by atoms with E-state index in [1.54, 1.807) is 0 Å². The van der Waals surface area contributed by atoms with E-state index in [4.69, 9.17) is 33.2 Å². The predicted octanol–water partition coefficient (Wildman–Crippen LogP) is 7.92. The molecule has 0 unspecified atom stereocenters. The topological polar surface area (TPSA) is 32.3 Å². The molecule has 0 aliphatic rings. The van der Waals surface area contributed by atoms with Crippen LogP contribution in [0.5, 0.6) is 0 Å². The number of aromatic nitrogens is 2. The Bertz CT molecular complexity index is 1210. The van der Waals surface area contributed by atoms with Gasteiger partial charge < -0.3 is 9.80 Å². The molecule has 4 aromatic rings. The fourth-order valence-corrected chi connectivity index (χ4v) is 4.53. The molecule has 0 aliphatic heterocycles. The maximum absolute atomic E-state index is 6.32. The number of anilines is 2.